The number of carboxylic acid groups (broad SMARTS) is 1. The van der Waals surface area contributed by atoms with Crippen LogP contribution < -0.4 is 0 Å². The van der Waals surface area contributed by atoms with E-state index in [4.69, 9.17) is 28.3 Å². The molecule has 0 aliphatic heterocycles. The first-order chi connectivity index (χ1) is 8.19. The lowest BCUT2D eigenvalue weighted by Crippen LogP contribution is -2.50. The van der Waals surface area contributed by atoms with Crippen LogP contribution in [0.4, 0.5) is 0 Å². The summed E-state index contributed by atoms with van der Waals surface area (Å²) in [6.07, 6.45) is 0. The monoisotopic (exact) mass is 289 g/mol. The molecule has 1 amide bonds. The van der Waals surface area contributed by atoms with E-state index in [2.05, 4.69) is 0 Å². The number of likely N-dealkylation sites (N-methyl/N-ethyl adjacent to an activating group) is 1. The Labute approximate surface area is 115 Å². The van der Waals surface area contributed by atoms with Crippen molar-refractivity contribution >= 4 is 35.1 Å². The molecule has 1 aromatic carbocycles. The van der Waals surface area contributed by atoms with E-state index in [1.165, 1.54) is 33.0 Å². The van der Waals surface area contributed by atoms with Crippen LogP contribution in [-0.2, 0) is 4.79 Å². The fourth-order valence-electron chi connectivity index (χ4n) is 1.27. The van der Waals surface area contributed by atoms with Gasteiger partial charge in [-0.3, -0.25) is 4.79 Å². The van der Waals surface area contributed by atoms with Crippen molar-refractivity contribution < 1.29 is 14.7 Å². The predicted molar refractivity (Wildman–Crippen MR) is 70.3 cm³/mol. The van der Waals surface area contributed by atoms with E-state index in [9.17, 15) is 9.59 Å². The van der Waals surface area contributed by atoms with Crippen LogP contribution in [-0.4, -0.2) is 34.5 Å². The Balaban J connectivity index is 3.20. The molecule has 0 aromatic heterocycles. The van der Waals surface area contributed by atoms with E-state index < -0.39 is 17.4 Å². The summed E-state index contributed by atoms with van der Waals surface area (Å²) in [5, 5.41) is 9.48. The van der Waals surface area contributed by atoms with Gasteiger partial charge in [-0.15, -0.1) is 0 Å². The van der Waals surface area contributed by atoms with Crippen molar-refractivity contribution in [2.75, 3.05) is 7.05 Å². The first-order valence-corrected chi connectivity index (χ1v) is 5.90. The molecule has 0 aliphatic carbocycles. The SMILES string of the molecule is CN(C(=O)c1c(Cl)cccc1Cl)C(C)(C)C(=O)O. The Kier molecular flexibility index (Phi) is 4.24. The van der Waals surface area contributed by atoms with E-state index in [0.29, 0.717) is 0 Å². The zero-order valence-corrected chi connectivity index (χ0v) is 11.7. The van der Waals surface area contributed by atoms with Gasteiger partial charge in [-0.1, -0.05) is 29.3 Å². The van der Waals surface area contributed by atoms with Crippen LogP contribution in [0.15, 0.2) is 18.2 Å². The molecule has 1 aromatic rings. The molecule has 18 heavy (non-hydrogen) atoms. The summed E-state index contributed by atoms with van der Waals surface area (Å²) < 4.78 is 0. The lowest BCUT2D eigenvalue weighted by Gasteiger charge is -2.32. The zero-order valence-electron chi connectivity index (χ0n) is 10.2. The van der Waals surface area contributed by atoms with Gasteiger partial charge in [0.25, 0.3) is 5.91 Å². The predicted octanol–water partition coefficient (Wildman–Crippen LogP) is 2.93. The molecule has 0 aliphatic rings. The summed E-state index contributed by atoms with van der Waals surface area (Å²) in [7, 11) is 1.40. The molecule has 1 N–H and O–H groups in total. The summed E-state index contributed by atoms with van der Waals surface area (Å²) in [6.45, 7) is 2.86. The number of rotatable bonds is 3. The molecule has 0 radical (unpaired) electrons. The first-order valence-electron chi connectivity index (χ1n) is 5.15. The number of hydrogen-bond donors (Lipinski definition) is 1. The van der Waals surface area contributed by atoms with E-state index in [0.717, 1.165) is 4.90 Å². The molecule has 0 fully saturated rings. The number of carbonyl (C=O) groups excluding carboxylic acids is 1. The van der Waals surface area contributed by atoms with Gasteiger partial charge in [-0.2, -0.15) is 0 Å². The fraction of sp³-hybridized carbons (Fsp3) is 0.333. The normalized spacial score (nSPS) is 11.2. The van der Waals surface area contributed by atoms with Gasteiger partial charge in [0.05, 0.1) is 15.6 Å². The van der Waals surface area contributed by atoms with Crippen molar-refractivity contribution in [3.05, 3.63) is 33.8 Å². The van der Waals surface area contributed by atoms with E-state index >= 15 is 0 Å². The minimum atomic E-state index is -1.35. The highest BCUT2D eigenvalue weighted by Gasteiger charge is 2.36. The third-order valence-electron chi connectivity index (χ3n) is 2.84. The van der Waals surface area contributed by atoms with Crippen LogP contribution in [0.2, 0.25) is 10.0 Å². The van der Waals surface area contributed by atoms with E-state index in [1.807, 2.05) is 0 Å². The highest BCUT2D eigenvalue weighted by atomic mass is 35.5. The molecule has 0 bridgehead atoms. The van der Waals surface area contributed by atoms with Crippen molar-refractivity contribution in [1.29, 1.82) is 0 Å². The lowest BCUT2D eigenvalue weighted by atomic mass is 10.0. The fourth-order valence-corrected chi connectivity index (χ4v) is 1.83. The second-order valence-electron chi connectivity index (χ2n) is 4.32. The first kappa shape index (κ1) is 14.8. The Bertz CT molecular complexity index is 480. The maximum absolute atomic E-state index is 12.2. The largest absolute Gasteiger partial charge is 0.480 e. The van der Waals surface area contributed by atoms with Gasteiger partial charge in [0.2, 0.25) is 0 Å². The number of carboxylic acids is 1. The lowest BCUT2D eigenvalue weighted by molar-refractivity contribution is -0.147. The second kappa shape index (κ2) is 5.16. The number of halogens is 2. The second-order valence-corrected chi connectivity index (χ2v) is 5.14. The topological polar surface area (TPSA) is 57.6 Å². The molecule has 0 saturated carbocycles. The molecular weight excluding hydrogens is 277 g/mol. The van der Waals surface area contributed by atoms with Crippen LogP contribution in [0.5, 0.6) is 0 Å². The zero-order chi connectivity index (χ0) is 14.1. The smallest absolute Gasteiger partial charge is 0.329 e. The Hall–Kier alpha value is -1.26. The van der Waals surface area contributed by atoms with Gasteiger partial charge in [0, 0.05) is 7.05 Å². The minimum absolute atomic E-state index is 0.109. The third kappa shape index (κ3) is 2.60. The molecular formula is C12H13Cl2NO3. The molecule has 1 rings (SSSR count). The van der Waals surface area contributed by atoms with E-state index in [1.54, 1.807) is 6.07 Å². The minimum Gasteiger partial charge on any atom is -0.480 e. The number of carbonyl (C=O) groups is 2. The molecule has 0 heterocycles. The Morgan fingerprint density at radius 3 is 2.06 bits per heavy atom. The summed E-state index contributed by atoms with van der Waals surface area (Å²) in [5.74, 6) is -1.64. The summed E-state index contributed by atoms with van der Waals surface area (Å²) in [4.78, 5) is 24.4. The van der Waals surface area contributed by atoms with Crippen LogP contribution in [0.25, 0.3) is 0 Å². The third-order valence-corrected chi connectivity index (χ3v) is 3.47. The molecule has 0 unspecified atom stereocenters. The van der Waals surface area contributed by atoms with Gasteiger partial charge in [0.15, 0.2) is 0 Å². The summed E-state index contributed by atoms with van der Waals surface area (Å²) in [6, 6.07) is 4.67. The van der Waals surface area contributed by atoms with Crippen LogP contribution in [0.3, 0.4) is 0 Å². The molecule has 0 atom stereocenters. The van der Waals surface area contributed by atoms with Crippen LogP contribution in [0.1, 0.15) is 24.2 Å². The molecule has 6 heteroatoms. The highest BCUT2D eigenvalue weighted by molar-refractivity contribution is 6.39. The maximum atomic E-state index is 12.2. The summed E-state index contributed by atoms with van der Waals surface area (Å²) in [5.41, 5.74) is -1.24. The van der Waals surface area contributed by atoms with Gasteiger partial charge in [-0.25, -0.2) is 4.79 Å². The van der Waals surface area contributed by atoms with Crippen molar-refractivity contribution in [3.63, 3.8) is 0 Å². The number of nitrogens with zero attached hydrogens (tertiary/aromatic N) is 1. The van der Waals surface area contributed by atoms with Crippen LogP contribution in [0, 0.1) is 0 Å². The standard InChI is InChI=1S/C12H13Cl2NO3/c1-12(2,11(17)18)15(3)10(16)9-7(13)5-4-6-8(9)14/h4-6H,1-3H3,(H,17,18). The molecule has 0 saturated heterocycles. The van der Waals surface area contributed by atoms with Crippen LogP contribution >= 0.6 is 23.2 Å². The highest BCUT2D eigenvalue weighted by Crippen LogP contribution is 2.27. The van der Waals surface area contributed by atoms with Gasteiger partial charge in [0.1, 0.15) is 5.54 Å². The average Bonchev–Trinajstić information content (AvgIpc) is 2.27. The molecule has 0 spiro atoms. The Morgan fingerprint density at radius 1 is 1.22 bits per heavy atom. The van der Waals surface area contributed by atoms with Crippen molar-refractivity contribution in [3.8, 4) is 0 Å². The summed E-state index contributed by atoms with van der Waals surface area (Å²) >= 11 is 11.8. The Morgan fingerprint density at radius 2 is 1.67 bits per heavy atom. The average molecular weight is 290 g/mol. The van der Waals surface area contributed by atoms with E-state index in [-0.39, 0.29) is 15.6 Å². The number of aliphatic carboxylic acids is 1. The van der Waals surface area contributed by atoms with Crippen molar-refractivity contribution in [2.24, 2.45) is 0 Å². The molecule has 4 nitrogen and oxygen atoms in total. The van der Waals surface area contributed by atoms with Gasteiger partial charge < -0.3 is 10.0 Å². The van der Waals surface area contributed by atoms with Gasteiger partial charge >= 0.3 is 5.97 Å². The number of amides is 1. The van der Waals surface area contributed by atoms with Crippen molar-refractivity contribution in [2.45, 2.75) is 19.4 Å². The number of hydrogen-bond acceptors (Lipinski definition) is 2. The molecule has 98 valence electrons. The van der Waals surface area contributed by atoms with Gasteiger partial charge in [-0.05, 0) is 26.0 Å². The number of benzene rings is 1. The van der Waals surface area contributed by atoms with Crippen molar-refractivity contribution in [1.82, 2.24) is 4.90 Å². The quantitative estimate of drug-likeness (QED) is 0.931. The maximum Gasteiger partial charge on any atom is 0.329 e.